The second-order valence-corrected chi connectivity index (χ2v) is 6.05. The van der Waals surface area contributed by atoms with E-state index in [9.17, 15) is 0 Å². The third-order valence-electron chi connectivity index (χ3n) is 3.74. The van der Waals surface area contributed by atoms with Gasteiger partial charge in [0.15, 0.2) is 0 Å². The SMILES string of the molecule is C/C=C\N(/C=N/CCCC)c1cccc(N(/C=C\C)/C=N/CCCC)c1. The van der Waals surface area contributed by atoms with E-state index in [0.29, 0.717) is 0 Å². The van der Waals surface area contributed by atoms with Gasteiger partial charge < -0.3 is 9.80 Å². The number of rotatable bonds is 12. The first-order chi connectivity index (χ1) is 12.8. The molecule has 4 heteroatoms. The van der Waals surface area contributed by atoms with E-state index in [4.69, 9.17) is 0 Å². The Labute approximate surface area is 159 Å². The molecule has 1 rings (SSSR count). The molecule has 0 fully saturated rings. The van der Waals surface area contributed by atoms with E-state index in [2.05, 4.69) is 57.9 Å². The predicted molar refractivity (Wildman–Crippen MR) is 118 cm³/mol. The maximum Gasteiger partial charge on any atom is 0.0935 e. The molecule has 0 N–H and O–H groups in total. The maximum atomic E-state index is 4.53. The van der Waals surface area contributed by atoms with Crippen LogP contribution >= 0.6 is 0 Å². The molecule has 4 nitrogen and oxygen atoms in total. The zero-order valence-electron chi connectivity index (χ0n) is 16.8. The van der Waals surface area contributed by atoms with Gasteiger partial charge >= 0.3 is 0 Å². The molecule has 1 aromatic rings. The molecule has 142 valence electrons. The van der Waals surface area contributed by atoms with Crippen LogP contribution in [0.5, 0.6) is 0 Å². The van der Waals surface area contributed by atoms with E-state index in [0.717, 1.165) is 50.1 Å². The molecule has 0 aromatic heterocycles. The van der Waals surface area contributed by atoms with E-state index in [1.807, 2.05) is 51.1 Å². The van der Waals surface area contributed by atoms with E-state index >= 15 is 0 Å². The lowest BCUT2D eigenvalue weighted by Crippen LogP contribution is -2.16. The van der Waals surface area contributed by atoms with Crippen LogP contribution in [0, 0.1) is 0 Å². The zero-order valence-corrected chi connectivity index (χ0v) is 16.8. The van der Waals surface area contributed by atoms with Gasteiger partial charge in [-0.3, -0.25) is 9.98 Å². The van der Waals surface area contributed by atoms with Crippen molar-refractivity contribution in [2.45, 2.75) is 53.4 Å². The van der Waals surface area contributed by atoms with Crippen molar-refractivity contribution in [3.8, 4) is 0 Å². The van der Waals surface area contributed by atoms with Crippen molar-refractivity contribution in [1.29, 1.82) is 0 Å². The number of benzene rings is 1. The number of hydrogen-bond donors (Lipinski definition) is 0. The van der Waals surface area contributed by atoms with Crippen LogP contribution in [0.4, 0.5) is 11.4 Å². The molecule has 26 heavy (non-hydrogen) atoms. The fourth-order valence-corrected chi connectivity index (χ4v) is 2.31. The lowest BCUT2D eigenvalue weighted by Gasteiger charge is -2.19. The van der Waals surface area contributed by atoms with E-state index in [1.54, 1.807) is 0 Å². The Morgan fingerprint density at radius 1 is 0.808 bits per heavy atom. The number of allylic oxidation sites excluding steroid dienone is 2. The van der Waals surface area contributed by atoms with Crippen LogP contribution in [0.25, 0.3) is 0 Å². The Kier molecular flexibility index (Phi) is 11.6. The summed E-state index contributed by atoms with van der Waals surface area (Å²) in [5, 5.41) is 0. The van der Waals surface area contributed by atoms with Crippen LogP contribution in [0.2, 0.25) is 0 Å². The zero-order chi connectivity index (χ0) is 19.0. The molecule has 0 saturated carbocycles. The van der Waals surface area contributed by atoms with Crippen LogP contribution in [0.1, 0.15) is 53.4 Å². The van der Waals surface area contributed by atoms with Crippen molar-refractivity contribution in [3.05, 3.63) is 48.8 Å². The minimum absolute atomic E-state index is 0.860. The van der Waals surface area contributed by atoms with Crippen molar-refractivity contribution in [2.24, 2.45) is 9.98 Å². The molecule has 0 radical (unpaired) electrons. The van der Waals surface area contributed by atoms with E-state index < -0.39 is 0 Å². The number of anilines is 2. The summed E-state index contributed by atoms with van der Waals surface area (Å²) < 4.78 is 0. The van der Waals surface area contributed by atoms with Crippen LogP contribution in [-0.2, 0) is 0 Å². The average molecular weight is 355 g/mol. The van der Waals surface area contributed by atoms with Crippen LogP contribution < -0.4 is 9.80 Å². The standard InChI is InChI=1S/C22H34N4/c1-5-9-14-23-19-25(16-7-3)21-12-11-13-22(18-21)26(17-8-4)20-24-15-10-6-2/h7-8,11-13,16-20H,5-6,9-10,14-15H2,1-4H3/b16-7-,17-8-,23-19+,24-20+. The molecule has 0 aliphatic carbocycles. The minimum atomic E-state index is 0.860. The van der Waals surface area contributed by atoms with Gasteiger partial charge in [0.25, 0.3) is 0 Å². The molecule has 0 heterocycles. The number of nitrogens with zero attached hydrogens (tertiary/aromatic N) is 4. The van der Waals surface area contributed by atoms with Crippen molar-refractivity contribution in [3.63, 3.8) is 0 Å². The molecule has 1 aromatic carbocycles. The second-order valence-electron chi connectivity index (χ2n) is 6.05. The molecule has 0 spiro atoms. The monoisotopic (exact) mass is 354 g/mol. The minimum Gasteiger partial charge on any atom is -0.308 e. The smallest absolute Gasteiger partial charge is 0.0935 e. The highest BCUT2D eigenvalue weighted by Crippen LogP contribution is 2.22. The van der Waals surface area contributed by atoms with Gasteiger partial charge in [-0.05, 0) is 44.9 Å². The van der Waals surface area contributed by atoms with Gasteiger partial charge in [0.05, 0.1) is 12.7 Å². The predicted octanol–water partition coefficient (Wildman–Crippen LogP) is 6.02. The Morgan fingerprint density at radius 3 is 1.65 bits per heavy atom. The van der Waals surface area contributed by atoms with Gasteiger partial charge in [-0.25, -0.2) is 0 Å². The largest absolute Gasteiger partial charge is 0.308 e. The first kappa shape index (κ1) is 21.7. The molecule has 0 aliphatic rings. The van der Waals surface area contributed by atoms with Gasteiger partial charge in [-0.15, -0.1) is 0 Å². The van der Waals surface area contributed by atoms with Crippen molar-refractivity contribution in [2.75, 3.05) is 22.9 Å². The third-order valence-corrected chi connectivity index (χ3v) is 3.74. The van der Waals surface area contributed by atoms with Gasteiger partial charge in [-0.2, -0.15) is 0 Å². The molecule has 0 unspecified atom stereocenters. The highest BCUT2D eigenvalue weighted by molar-refractivity contribution is 5.86. The summed E-state index contributed by atoms with van der Waals surface area (Å²) in [7, 11) is 0. The summed E-state index contributed by atoms with van der Waals surface area (Å²) in [6, 6.07) is 8.41. The van der Waals surface area contributed by atoms with Crippen molar-refractivity contribution in [1.82, 2.24) is 0 Å². The number of aliphatic imine (C=N–C) groups is 2. The summed E-state index contributed by atoms with van der Waals surface area (Å²) in [4.78, 5) is 13.2. The molecular weight excluding hydrogens is 320 g/mol. The van der Waals surface area contributed by atoms with Crippen molar-refractivity contribution < 1.29 is 0 Å². The van der Waals surface area contributed by atoms with Gasteiger partial charge in [0, 0.05) is 36.9 Å². The first-order valence-electron chi connectivity index (χ1n) is 9.69. The molecule has 0 aliphatic heterocycles. The molecule has 0 amide bonds. The lowest BCUT2D eigenvalue weighted by molar-refractivity contribution is 0.809. The second kappa shape index (κ2) is 13.9. The lowest BCUT2D eigenvalue weighted by atomic mass is 10.2. The summed E-state index contributed by atoms with van der Waals surface area (Å²) in [5.74, 6) is 0. The van der Waals surface area contributed by atoms with Crippen LogP contribution in [0.15, 0.2) is 58.8 Å². The Hall–Kier alpha value is -2.36. The molecule has 0 bridgehead atoms. The van der Waals surface area contributed by atoms with Gasteiger partial charge in [0.1, 0.15) is 0 Å². The van der Waals surface area contributed by atoms with Crippen LogP contribution in [-0.4, -0.2) is 25.8 Å². The average Bonchev–Trinajstić information content (AvgIpc) is 2.67. The Morgan fingerprint density at radius 2 is 1.27 bits per heavy atom. The van der Waals surface area contributed by atoms with E-state index in [-0.39, 0.29) is 0 Å². The summed E-state index contributed by atoms with van der Waals surface area (Å²) in [5.41, 5.74) is 2.16. The first-order valence-corrected chi connectivity index (χ1v) is 9.69. The normalized spacial score (nSPS) is 12.2. The summed E-state index contributed by atoms with van der Waals surface area (Å²) in [6.07, 6.45) is 16.5. The van der Waals surface area contributed by atoms with Crippen LogP contribution in [0.3, 0.4) is 0 Å². The fourth-order valence-electron chi connectivity index (χ4n) is 2.31. The Bertz CT molecular complexity index is 553. The third kappa shape index (κ3) is 8.15. The van der Waals surface area contributed by atoms with Gasteiger partial charge in [0.2, 0.25) is 0 Å². The highest BCUT2D eigenvalue weighted by atomic mass is 15.2. The van der Waals surface area contributed by atoms with Gasteiger partial charge in [-0.1, -0.05) is 44.9 Å². The fraction of sp³-hybridized carbons (Fsp3) is 0.455. The van der Waals surface area contributed by atoms with E-state index in [1.165, 1.54) is 0 Å². The summed E-state index contributed by atoms with van der Waals surface area (Å²) in [6.45, 7) is 10.1. The molecule has 0 saturated heterocycles. The molecule has 0 atom stereocenters. The summed E-state index contributed by atoms with van der Waals surface area (Å²) >= 11 is 0. The quantitative estimate of drug-likeness (QED) is 0.261. The number of unbranched alkanes of at least 4 members (excludes halogenated alkanes) is 2. The maximum absolute atomic E-state index is 4.53. The Balaban J connectivity index is 2.99. The highest BCUT2D eigenvalue weighted by Gasteiger charge is 2.05. The topological polar surface area (TPSA) is 31.2 Å². The number of hydrogen-bond acceptors (Lipinski definition) is 2. The van der Waals surface area contributed by atoms with Crippen molar-refractivity contribution >= 4 is 24.1 Å². The molecular formula is C22H34N4.